The molecule has 0 saturated carbocycles. The monoisotopic (exact) mass is 180 g/mol. The van der Waals surface area contributed by atoms with E-state index in [4.69, 9.17) is 11.6 Å². The van der Waals surface area contributed by atoms with Crippen LogP contribution >= 0.6 is 11.6 Å². The highest BCUT2D eigenvalue weighted by molar-refractivity contribution is 6.36. The van der Waals surface area contributed by atoms with Crippen LogP contribution in [0.2, 0.25) is 0 Å². The second kappa shape index (κ2) is 4.07. The first-order valence-electron chi connectivity index (χ1n) is 3.62. The van der Waals surface area contributed by atoms with E-state index >= 15 is 0 Å². The summed E-state index contributed by atoms with van der Waals surface area (Å²) < 4.78 is 0. The van der Waals surface area contributed by atoms with Gasteiger partial charge < -0.3 is 0 Å². The summed E-state index contributed by atoms with van der Waals surface area (Å²) in [5, 5.41) is 0.524. The third-order valence-electron chi connectivity index (χ3n) is 1.57. The number of hydrogen-bond donors (Lipinski definition) is 0. The van der Waals surface area contributed by atoms with E-state index in [-0.39, 0.29) is 0 Å². The Morgan fingerprint density at radius 3 is 2.33 bits per heavy atom. The lowest BCUT2D eigenvalue weighted by Gasteiger charge is -1.99. The lowest BCUT2D eigenvalue weighted by molar-refractivity contribution is -0.103. The van der Waals surface area contributed by atoms with Gasteiger partial charge in [-0.1, -0.05) is 41.9 Å². The molecular formula is C10H9ClO. The lowest BCUT2D eigenvalue weighted by atomic mass is 10.1. The molecule has 1 nitrogen and oxygen atoms in total. The fourth-order valence-electron chi connectivity index (χ4n) is 0.966. The number of halogens is 1. The van der Waals surface area contributed by atoms with Gasteiger partial charge in [0.25, 0.3) is 0 Å². The van der Waals surface area contributed by atoms with Gasteiger partial charge in [0.2, 0.25) is 0 Å². The molecule has 2 heteroatoms. The molecule has 0 aromatic heterocycles. The molecule has 0 saturated heterocycles. The van der Waals surface area contributed by atoms with Crippen molar-refractivity contribution in [2.45, 2.75) is 6.92 Å². The predicted octanol–water partition coefficient (Wildman–Crippen LogP) is 2.86. The molecule has 0 aliphatic rings. The number of carbonyl (C=O) groups is 1. The van der Waals surface area contributed by atoms with Crippen LogP contribution in [0.1, 0.15) is 12.5 Å². The summed E-state index contributed by atoms with van der Waals surface area (Å²) in [4.78, 5) is 10.6. The van der Waals surface area contributed by atoms with Crippen LogP contribution in [0.4, 0.5) is 0 Å². The zero-order chi connectivity index (χ0) is 8.97. The van der Waals surface area contributed by atoms with Gasteiger partial charge in [0.1, 0.15) is 0 Å². The molecule has 0 radical (unpaired) electrons. The Bertz CT molecular complexity index is 297. The standard InChI is InChI=1S/C10H9ClO/c1-8(11)10(7-12)9-5-3-2-4-6-9/h2-7H,1H3/b10-8+. The van der Waals surface area contributed by atoms with Crippen LogP contribution in [0, 0.1) is 0 Å². The molecule has 0 N–H and O–H groups in total. The summed E-state index contributed by atoms with van der Waals surface area (Å²) in [6.45, 7) is 1.71. The van der Waals surface area contributed by atoms with E-state index < -0.39 is 0 Å². The number of rotatable bonds is 2. The number of hydrogen-bond acceptors (Lipinski definition) is 1. The first-order valence-corrected chi connectivity index (χ1v) is 4.00. The number of allylic oxidation sites excluding steroid dienone is 2. The molecule has 0 amide bonds. The molecule has 0 fully saturated rings. The predicted molar refractivity (Wildman–Crippen MR) is 51.0 cm³/mol. The Morgan fingerprint density at radius 1 is 1.33 bits per heavy atom. The molecule has 0 heterocycles. The molecule has 0 unspecified atom stereocenters. The first kappa shape index (κ1) is 9.01. The Balaban J connectivity index is 3.14. The highest BCUT2D eigenvalue weighted by Gasteiger charge is 2.01. The van der Waals surface area contributed by atoms with Crippen LogP contribution in [-0.4, -0.2) is 6.29 Å². The summed E-state index contributed by atoms with van der Waals surface area (Å²) in [5.74, 6) is 0. The number of aldehydes is 1. The molecule has 0 aliphatic heterocycles. The van der Waals surface area contributed by atoms with Gasteiger partial charge in [0, 0.05) is 10.6 Å². The van der Waals surface area contributed by atoms with Gasteiger partial charge in [-0.3, -0.25) is 4.79 Å². The van der Waals surface area contributed by atoms with Gasteiger partial charge >= 0.3 is 0 Å². The average molecular weight is 181 g/mol. The van der Waals surface area contributed by atoms with Crippen LogP contribution in [-0.2, 0) is 4.79 Å². The van der Waals surface area contributed by atoms with Gasteiger partial charge in [-0.2, -0.15) is 0 Å². The molecule has 0 bridgehead atoms. The smallest absolute Gasteiger partial charge is 0.151 e. The van der Waals surface area contributed by atoms with Gasteiger partial charge in [0.05, 0.1) is 0 Å². The van der Waals surface area contributed by atoms with Crippen molar-refractivity contribution in [2.24, 2.45) is 0 Å². The molecule has 12 heavy (non-hydrogen) atoms. The minimum Gasteiger partial charge on any atom is -0.298 e. The van der Waals surface area contributed by atoms with Gasteiger partial charge in [-0.25, -0.2) is 0 Å². The van der Waals surface area contributed by atoms with Crippen LogP contribution in [0.25, 0.3) is 5.57 Å². The van der Waals surface area contributed by atoms with E-state index in [1.165, 1.54) is 0 Å². The summed E-state index contributed by atoms with van der Waals surface area (Å²) in [5.41, 5.74) is 1.41. The average Bonchev–Trinajstić information content (AvgIpc) is 2.07. The molecular weight excluding hydrogens is 172 g/mol. The molecule has 1 rings (SSSR count). The Labute approximate surface area is 76.7 Å². The maximum Gasteiger partial charge on any atom is 0.151 e. The van der Waals surface area contributed by atoms with Gasteiger partial charge in [-0.15, -0.1) is 0 Å². The van der Waals surface area contributed by atoms with Crippen molar-refractivity contribution in [2.75, 3.05) is 0 Å². The molecule has 62 valence electrons. The third-order valence-corrected chi connectivity index (χ3v) is 1.78. The zero-order valence-corrected chi connectivity index (χ0v) is 7.51. The van der Waals surface area contributed by atoms with E-state index in [0.717, 1.165) is 11.8 Å². The minimum atomic E-state index is 0.524. The van der Waals surface area contributed by atoms with E-state index in [2.05, 4.69) is 0 Å². The lowest BCUT2D eigenvalue weighted by Crippen LogP contribution is -1.86. The molecule has 0 aliphatic carbocycles. The van der Waals surface area contributed by atoms with E-state index in [1.54, 1.807) is 6.92 Å². The largest absolute Gasteiger partial charge is 0.298 e. The summed E-state index contributed by atoms with van der Waals surface area (Å²) in [6, 6.07) is 9.36. The fourth-order valence-corrected chi connectivity index (χ4v) is 1.12. The molecule has 0 spiro atoms. The van der Waals surface area contributed by atoms with Crippen molar-refractivity contribution < 1.29 is 4.79 Å². The number of benzene rings is 1. The van der Waals surface area contributed by atoms with Crippen LogP contribution in [0.3, 0.4) is 0 Å². The third kappa shape index (κ3) is 1.95. The second-order valence-corrected chi connectivity index (χ2v) is 3.00. The van der Waals surface area contributed by atoms with Crippen molar-refractivity contribution in [1.82, 2.24) is 0 Å². The normalized spacial score (nSPS) is 12.2. The first-order chi connectivity index (χ1) is 5.75. The number of carbonyl (C=O) groups excluding carboxylic acids is 1. The maximum absolute atomic E-state index is 10.6. The van der Waals surface area contributed by atoms with Crippen molar-refractivity contribution in [3.8, 4) is 0 Å². The van der Waals surface area contributed by atoms with Crippen molar-refractivity contribution in [3.05, 3.63) is 40.9 Å². The molecule has 1 aromatic rings. The highest BCUT2D eigenvalue weighted by Crippen LogP contribution is 2.18. The molecule has 0 atom stereocenters. The maximum atomic E-state index is 10.6. The SMILES string of the molecule is C/C(Cl)=C(/C=O)c1ccccc1. The van der Waals surface area contributed by atoms with Crippen LogP contribution in [0.5, 0.6) is 0 Å². The van der Waals surface area contributed by atoms with Crippen molar-refractivity contribution >= 4 is 23.5 Å². The Morgan fingerprint density at radius 2 is 1.92 bits per heavy atom. The minimum absolute atomic E-state index is 0.524. The van der Waals surface area contributed by atoms with E-state index in [0.29, 0.717) is 10.6 Å². The molecule has 1 aromatic carbocycles. The topological polar surface area (TPSA) is 17.1 Å². The summed E-state index contributed by atoms with van der Waals surface area (Å²) in [6.07, 6.45) is 0.775. The van der Waals surface area contributed by atoms with E-state index in [9.17, 15) is 4.79 Å². The van der Waals surface area contributed by atoms with Crippen molar-refractivity contribution in [1.29, 1.82) is 0 Å². The van der Waals surface area contributed by atoms with Crippen molar-refractivity contribution in [3.63, 3.8) is 0 Å². The Hall–Kier alpha value is -1.08. The van der Waals surface area contributed by atoms with Gasteiger partial charge in [-0.05, 0) is 12.5 Å². The van der Waals surface area contributed by atoms with E-state index in [1.807, 2.05) is 30.3 Å². The fraction of sp³-hybridized carbons (Fsp3) is 0.100. The summed E-state index contributed by atoms with van der Waals surface area (Å²) in [7, 11) is 0. The summed E-state index contributed by atoms with van der Waals surface area (Å²) >= 11 is 5.73. The zero-order valence-electron chi connectivity index (χ0n) is 6.75. The van der Waals surface area contributed by atoms with Crippen LogP contribution < -0.4 is 0 Å². The van der Waals surface area contributed by atoms with Crippen LogP contribution in [0.15, 0.2) is 35.4 Å². The Kier molecular flexibility index (Phi) is 3.06. The second-order valence-electron chi connectivity index (χ2n) is 2.43. The quantitative estimate of drug-likeness (QED) is 0.505. The van der Waals surface area contributed by atoms with Gasteiger partial charge in [0.15, 0.2) is 6.29 Å². The highest BCUT2D eigenvalue weighted by atomic mass is 35.5.